The van der Waals surface area contributed by atoms with E-state index in [1.807, 2.05) is 6.08 Å². The maximum Gasteiger partial charge on any atom is 0.220 e. The van der Waals surface area contributed by atoms with Crippen molar-refractivity contribution in [3.63, 3.8) is 0 Å². The molecule has 0 aliphatic heterocycles. The Hall–Kier alpha value is -0.870. The smallest absolute Gasteiger partial charge is 0.220 e. The lowest BCUT2D eigenvalue weighted by atomic mass is 10.0. The van der Waals surface area contributed by atoms with Crippen molar-refractivity contribution in [3.8, 4) is 0 Å². The molecule has 4 nitrogen and oxygen atoms in total. The van der Waals surface area contributed by atoms with Gasteiger partial charge in [0.2, 0.25) is 5.91 Å². The summed E-state index contributed by atoms with van der Waals surface area (Å²) in [6, 6.07) is -0.612. The second-order valence-electron chi connectivity index (χ2n) is 12.3. The molecule has 1 amide bonds. The maximum absolute atomic E-state index is 12.2. The maximum atomic E-state index is 12.2. The first-order valence-electron chi connectivity index (χ1n) is 17.9. The summed E-state index contributed by atoms with van der Waals surface area (Å²) in [6.45, 7) is 4.26. The van der Waals surface area contributed by atoms with Crippen molar-refractivity contribution in [1.29, 1.82) is 0 Å². The van der Waals surface area contributed by atoms with Gasteiger partial charge in [-0.25, -0.2) is 0 Å². The number of carbonyl (C=O) groups excluding carboxylic acids is 1. The van der Waals surface area contributed by atoms with E-state index in [4.69, 9.17) is 0 Å². The number of nitrogens with one attached hydrogen (secondary N) is 1. The van der Waals surface area contributed by atoms with Crippen LogP contribution >= 0.6 is 0 Å². The highest BCUT2D eigenvalue weighted by Crippen LogP contribution is 2.15. The average molecular weight is 566 g/mol. The van der Waals surface area contributed by atoms with Crippen LogP contribution in [0.4, 0.5) is 0 Å². The van der Waals surface area contributed by atoms with Gasteiger partial charge in [-0.3, -0.25) is 4.79 Å². The molecule has 0 aromatic rings. The Labute approximate surface area is 250 Å². The molecule has 40 heavy (non-hydrogen) atoms. The van der Waals surface area contributed by atoms with Crippen LogP contribution in [0.3, 0.4) is 0 Å². The van der Waals surface area contributed by atoms with Gasteiger partial charge in [-0.05, 0) is 19.3 Å². The van der Waals surface area contributed by atoms with Crippen LogP contribution in [0.15, 0.2) is 12.2 Å². The Morgan fingerprint density at radius 3 is 1.30 bits per heavy atom. The quantitative estimate of drug-likeness (QED) is 0.0561. The van der Waals surface area contributed by atoms with Crippen LogP contribution in [-0.4, -0.2) is 34.9 Å². The molecule has 0 aromatic heterocycles. The highest BCUT2D eigenvalue weighted by Gasteiger charge is 2.17. The van der Waals surface area contributed by atoms with Gasteiger partial charge >= 0.3 is 0 Å². The van der Waals surface area contributed by atoms with Crippen molar-refractivity contribution in [1.82, 2.24) is 5.32 Å². The number of aliphatic hydroxyl groups is 2. The van der Waals surface area contributed by atoms with Crippen LogP contribution in [0.5, 0.6) is 0 Å². The predicted molar refractivity (Wildman–Crippen MR) is 175 cm³/mol. The molecule has 2 atom stereocenters. The molecule has 0 rings (SSSR count). The van der Waals surface area contributed by atoms with Gasteiger partial charge in [-0.1, -0.05) is 180 Å². The topological polar surface area (TPSA) is 69.6 Å². The van der Waals surface area contributed by atoms with E-state index in [-0.39, 0.29) is 12.5 Å². The summed E-state index contributed by atoms with van der Waals surface area (Å²) in [6.07, 6.45) is 38.8. The average Bonchev–Trinajstić information content (AvgIpc) is 2.96. The number of rotatable bonds is 32. The van der Waals surface area contributed by atoms with Crippen LogP contribution in [0.1, 0.15) is 194 Å². The minimum Gasteiger partial charge on any atom is -0.394 e. The van der Waals surface area contributed by atoms with Crippen molar-refractivity contribution in [2.45, 2.75) is 206 Å². The zero-order valence-electron chi connectivity index (χ0n) is 27.1. The summed E-state index contributed by atoms with van der Waals surface area (Å²) in [5.41, 5.74) is 0. The molecule has 0 radical (unpaired) electrons. The van der Waals surface area contributed by atoms with Crippen molar-refractivity contribution in [2.24, 2.45) is 0 Å². The molecule has 4 heteroatoms. The summed E-state index contributed by atoms with van der Waals surface area (Å²) in [4.78, 5) is 12.2. The van der Waals surface area contributed by atoms with E-state index in [1.165, 1.54) is 148 Å². The third-order valence-electron chi connectivity index (χ3n) is 8.27. The molecule has 0 saturated heterocycles. The SMILES string of the molecule is CCCCCCC/C=C/C(O)C(CO)NC(=O)CCCCCCCCCCCCCCCCCCCCCCC. The Morgan fingerprint density at radius 1 is 0.575 bits per heavy atom. The van der Waals surface area contributed by atoms with Crippen LogP contribution in [0.25, 0.3) is 0 Å². The van der Waals surface area contributed by atoms with E-state index < -0.39 is 12.1 Å². The van der Waals surface area contributed by atoms with E-state index >= 15 is 0 Å². The lowest BCUT2D eigenvalue weighted by molar-refractivity contribution is -0.123. The van der Waals surface area contributed by atoms with E-state index in [0.717, 1.165) is 25.7 Å². The summed E-state index contributed by atoms with van der Waals surface area (Å²) < 4.78 is 0. The third kappa shape index (κ3) is 28.7. The van der Waals surface area contributed by atoms with Crippen molar-refractivity contribution < 1.29 is 15.0 Å². The molecule has 2 unspecified atom stereocenters. The van der Waals surface area contributed by atoms with Gasteiger partial charge in [-0.2, -0.15) is 0 Å². The molecule has 0 aliphatic rings. The van der Waals surface area contributed by atoms with Crippen molar-refractivity contribution in [2.75, 3.05) is 6.61 Å². The van der Waals surface area contributed by atoms with Gasteiger partial charge in [0, 0.05) is 6.42 Å². The van der Waals surface area contributed by atoms with Crippen LogP contribution in [-0.2, 0) is 4.79 Å². The van der Waals surface area contributed by atoms with Gasteiger partial charge in [0.1, 0.15) is 0 Å². The van der Waals surface area contributed by atoms with Gasteiger partial charge in [0.05, 0.1) is 18.8 Å². The number of aliphatic hydroxyl groups excluding tert-OH is 2. The summed E-state index contributed by atoms with van der Waals surface area (Å²) in [7, 11) is 0. The van der Waals surface area contributed by atoms with Crippen LogP contribution in [0, 0.1) is 0 Å². The first kappa shape index (κ1) is 39.1. The molecular formula is C36H71NO3. The second-order valence-corrected chi connectivity index (χ2v) is 12.3. The van der Waals surface area contributed by atoms with Gasteiger partial charge in [0.15, 0.2) is 0 Å². The number of carbonyl (C=O) groups is 1. The Kier molecular flexibility index (Phi) is 31.9. The Morgan fingerprint density at radius 2 is 0.925 bits per heavy atom. The van der Waals surface area contributed by atoms with Gasteiger partial charge in [-0.15, -0.1) is 0 Å². The Bertz CT molecular complexity index is 536. The first-order chi connectivity index (χ1) is 19.7. The predicted octanol–water partition coefficient (Wildman–Crippen LogP) is 10.3. The molecule has 3 N–H and O–H groups in total. The summed E-state index contributed by atoms with van der Waals surface area (Å²) >= 11 is 0. The molecule has 238 valence electrons. The van der Waals surface area contributed by atoms with Crippen molar-refractivity contribution >= 4 is 5.91 Å². The lowest BCUT2D eigenvalue weighted by Crippen LogP contribution is -2.45. The standard InChI is InChI=1S/C36H71NO3/c1-3-5-7-9-11-12-13-14-15-16-17-18-19-20-21-22-23-24-26-28-30-32-36(40)37-34(33-38)35(39)31-29-27-25-10-8-6-4-2/h29,31,34-35,38-39H,3-28,30,32-33H2,1-2H3,(H,37,40)/b31-29+. The highest BCUT2D eigenvalue weighted by atomic mass is 16.3. The lowest BCUT2D eigenvalue weighted by Gasteiger charge is -2.20. The molecule has 0 aliphatic carbocycles. The number of amides is 1. The zero-order chi connectivity index (χ0) is 29.4. The molecule has 0 heterocycles. The number of unbranched alkanes of at least 4 members (excludes halogenated alkanes) is 25. The first-order valence-corrected chi connectivity index (χ1v) is 17.9. The second kappa shape index (κ2) is 32.6. The van der Waals surface area contributed by atoms with Gasteiger partial charge in [0.25, 0.3) is 0 Å². The highest BCUT2D eigenvalue weighted by molar-refractivity contribution is 5.76. The monoisotopic (exact) mass is 566 g/mol. The zero-order valence-corrected chi connectivity index (χ0v) is 27.1. The van der Waals surface area contributed by atoms with Crippen LogP contribution < -0.4 is 5.32 Å². The molecule has 0 bridgehead atoms. The third-order valence-corrected chi connectivity index (χ3v) is 8.27. The number of allylic oxidation sites excluding steroid dienone is 1. The summed E-state index contributed by atoms with van der Waals surface area (Å²) in [5.74, 6) is -0.0659. The van der Waals surface area contributed by atoms with Gasteiger partial charge < -0.3 is 15.5 Å². The molecular weight excluding hydrogens is 494 g/mol. The molecule has 0 aromatic carbocycles. The molecule has 0 fully saturated rings. The normalized spacial score (nSPS) is 13.2. The Balaban J connectivity index is 3.46. The number of hydrogen-bond acceptors (Lipinski definition) is 3. The molecule has 0 saturated carbocycles. The van der Waals surface area contributed by atoms with E-state index in [9.17, 15) is 15.0 Å². The molecule has 0 spiro atoms. The van der Waals surface area contributed by atoms with E-state index in [1.54, 1.807) is 6.08 Å². The number of hydrogen-bond donors (Lipinski definition) is 3. The summed E-state index contributed by atoms with van der Waals surface area (Å²) in [5, 5.41) is 22.7. The van der Waals surface area contributed by atoms with E-state index in [0.29, 0.717) is 6.42 Å². The fourth-order valence-corrected chi connectivity index (χ4v) is 5.47. The largest absolute Gasteiger partial charge is 0.394 e. The fourth-order valence-electron chi connectivity index (χ4n) is 5.47. The van der Waals surface area contributed by atoms with E-state index in [2.05, 4.69) is 19.2 Å². The van der Waals surface area contributed by atoms with Crippen LogP contribution in [0.2, 0.25) is 0 Å². The minimum absolute atomic E-state index is 0.0659. The fraction of sp³-hybridized carbons (Fsp3) is 0.917. The minimum atomic E-state index is -0.829. The van der Waals surface area contributed by atoms with Crippen molar-refractivity contribution in [3.05, 3.63) is 12.2 Å².